The first kappa shape index (κ1) is 13.0. The van der Waals surface area contributed by atoms with Gasteiger partial charge in [-0.05, 0) is 37.6 Å². The van der Waals surface area contributed by atoms with E-state index >= 15 is 0 Å². The lowest BCUT2D eigenvalue weighted by Gasteiger charge is -2.26. The van der Waals surface area contributed by atoms with Crippen LogP contribution in [0.3, 0.4) is 0 Å². The Morgan fingerprint density at radius 1 is 1.13 bits per heavy atom. The van der Waals surface area contributed by atoms with Gasteiger partial charge in [0.25, 0.3) is 0 Å². The molecule has 90 valence electrons. The Hall–Kier alpha value is -0.0400. The summed E-state index contributed by atoms with van der Waals surface area (Å²) >= 11 is 0. The van der Waals surface area contributed by atoms with Crippen molar-refractivity contribution < 1.29 is 0 Å². The molecule has 0 amide bonds. The predicted octanol–water partition coefficient (Wildman–Crippen LogP) is 3.98. The van der Waals surface area contributed by atoms with Gasteiger partial charge in [-0.2, -0.15) is 0 Å². The van der Waals surface area contributed by atoms with Gasteiger partial charge >= 0.3 is 0 Å². The molecule has 0 bridgehead atoms. The smallest absolute Gasteiger partial charge is 0.00951 e. The average Bonchev–Trinajstić information content (AvgIpc) is 2.43. The molecular weight excluding hydrogens is 182 g/mol. The Labute approximate surface area is 96.0 Å². The highest BCUT2D eigenvalue weighted by atomic mass is 14.9. The van der Waals surface area contributed by atoms with E-state index in [-0.39, 0.29) is 0 Å². The Bertz CT molecular complexity index is 149. The molecule has 3 unspecified atom stereocenters. The van der Waals surface area contributed by atoms with Gasteiger partial charge in [0.1, 0.15) is 0 Å². The van der Waals surface area contributed by atoms with Crippen LogP contribution in [0.15, 0.2) is 0 Å². The zero-order chi connectivity index (χ0) is 11.1. The summed E-state index contributed by atoms with van der Waals surface area (Å²) in [5, 5.41) is 3.70. The van der Waals surface area contributed by atoms with Crippen LogP contribution >= 0.6 is 0 Å². The molecule has 1 aliphatic carbocycles. The fourth-order valence-corrected chi connectivity index (χ4v) is 3.00. The van der Waals surface area contributed by atoms with Crippen molar-refractivity contribution in [1.29, 1.82) is 0 Å². The number of nitrogens with one attached hydrogen (secondary N) is 1. The van der Waals surface area contributed by atoms with Gasteiger partial charge in [0.05, 0.1) is 0 Å². The lowest BCUT2D eigenvalue weighted by Crippen LogP contribution is -2.35. The van der Waals surface area contributed by atoms with Gasteiger partial charge in [0.2, 0.25) is 0 Å². The first-order chi connectivity index (χ1) is 7.27. The Morgan fingerprint density at radius 3 is 2.60 bits per heavy atom. The summed E-state index contributed by atoms with van der Waals surface area (Å²) in [5.74, 6) is 1.92. The van der Waals surface area contributed by atoms with Crippen molar-refractivity contribution in [2.45, 2.75) is 71.8 Å². The zero-order valence-electron chi connectivity index (χ0n) is 10.9. The minimum absolute atomic E-state index is 0.797. The molecule has 1 N–H and O–H groups in total. The van der Waals surface area contributed by atoms with Crippen LogP contribution in [-0.4, -0.2) is 12.6 Å². The van der Waals surface area contributed by atoms with E-state index in [1.165, 1.54) is 44.9 Å². The van der Waals surface area contributed by atoms with Crippen LogP contribution in [0.2, 0.25) is 0 Å². The first-order valence-corrected chi connectivity index (χ1v) is 7.01. The van der Waals surface area contributed by atoms with Crippen LogP contribution in [0.25, 0.3) is 0 Å². The maximum Gasteiger partial charge on any atom is 0.00951 e. The van der Waals surface area contributed by atoms with Gasteiger partial charge in [-0.3, -0.25) is 0 Å². The van der Waals surface area contributed by atoms with Gasteiger partial charge in [-0.25, -0.2) is 0 Å². The lowest BCUT2D eigenvalue weighted by molar-refractivity contribution is 0.304. The zero-order valence-corrected chi connectivity index (χ0v) is 10.9. The van der Waals surface area contributed by atoms with E-state index in [1.807, 2.05) is 0 Å². The van der Waals surface area contributed by atoms with Crippen LogP contribution in [0.4, 0.5) is 0 Å². The predicted molar refractivity (Wildman–Crippen MR) is 68.1 cm³/mol. The Balaban J connectivity index is 2.42. The van der Waals surface area contributed by atoms with Crippen LogP contribution < -0.4 is 5.32 Å². The van der Waals surface area contributed by atoms with E-state index in [1.54, 1.807) is 0 Å². The molecule has 1 nitrogen and oxygen atoms in total. The number of hydrogen-bond acceptors (Lipinski definition) is 1. The molecule has 0 heterocycles. The molecule has 3 atom stereocenters. The first-order valence-electron chi connectivity index (χ1n) is 7.01. The molecule has 0 radical (unpaired) electrons. The molecule has 1 fully saturated rings. The van der Waals surface area contributed by atoms with E-state index < -0.39 is 0 Å². The third kappa shape index (κ3) is 4.55. The molecule has 0 aromatic rings. The maximum atomic E-state index is 3.70. The molecule has 0 spiro atoms. The topological polar surface area (TPSA) is 12.0 Å². The van der Waals surface area contributed by atoms with Crippen LogP contribution in [0.5, 0.6) is 0 Å². The van der Waals surface area contributed by atoms with Crippen molar-refractivity contribution in [3.63, 3.8) is 0 Å². The molecule has 0 aromatic heterocycles. The molecular formula is C14H29N. The van der Waals surface area contributed by atoms with Crippen LogP contribution in [0, 0.1) is 11.8 Å². The summed E-state index contributed by atoms with van der Waals surface area (Å²) < 4.78 is 0. The third-order valence-corrected chi connectivity index (χ3v) is 3.94. The number of rotatable bonds is 5. The highest BCUT2D eigenvalue weighted by Gasteiger charge is 2.22. The van der Waals surface area contributed by atoms with E-state index in [9.17, 15) is 0 Å². The quantitative estimate of drug-likeness (QED) is 0.678. The minimum atomic E-state index is 0.797. The summed E-state index contributed by atoms with van der Waals surface area (Å²) in [6.07, 6.45) is 9.98. The van der Waals surface area contributed by atoms with Crippen molar-refractivity contribution in [1.82, 2.24) is 5.32 Å². The minimum Gasteiger partial charge on any atom is -0.314 e. The highest BCUT2D eigenvalue weighted by molar-refractivity contribution is 4.79. The summed E-state index contributed by atoms with van der Waals surface area (Å²) in [4.78, 5) is 0. The van der Waals surface area contributed by atoms with Gasteiger partial charge in [-0.1, -0.05) is 46.5 Å². The molecule has 0 aliphatic heterocycles. The van der Waals surface area contributed by atoms with Gasteiger partial charge in [0, 0.05) is 6.04 Å². The average molecular weight is 211 g/mol. The standard InChI is InChI=1S/C14H29N/c1-4-7-14(15-5-2)13-9-6-8-12(3)10-11-13/h12-15H,4-11H2,1-3H3. The molecule has 0 aromatic carbocycles. The second kappa shape index (κ2) is 7.27. The van der Waals surface area contributed by atoms with Crippen molar-refractivity contribution in [3.8, 4) is 0 Å². The summed E-state index contributed by atoms with van der Waals surface area (Å²) in [7, 11) is 0. The second-order valence-corrected chi connectivity index (χ2v) is 5.33. The SMILES string of the molecule is CCCC(NCC)C1CCCC(C)CC1. The van der Waals surface area contributed by atoms with E-state index in [2.05, 4.69) is 26.1 Å². The maximum absolute atomic E-state index is 3.70. The number of hydrogen-bond donors (Lipinski definition) is 1. The van der Waals surface area contributed by atoms with Gasteiger partial charge in [-0.15, -0.1) is 0 Å². The molecule has 1 saturated carbocycles. The van der Waals surface area contributed by atoms with Gasteiger partial charge < -0.3 is 5.32 Å². The van der Waals surface area contributed by atoms with E-state index in [4.69, 9.17) is 0 Å². The second-order valence-electron chi connectivity index (χ2n) is 5.33. The molecule has 1 heteroatoms. The van der Waals surface area contributed by atoms with Crippen LogP contribution in [0.1, 0.15) is 65.7 Å². The van der Waals surface area contributed by atoms with Crippen molar-refractivity contribution in [2.75, 3.05) is 6.54 Å². The normalized spacial score (nSPS) is 29.8. The van der Waals surface area contributed by atoms with Crippen LogP contribution in [-0.2, 0) is 0 Å². The summed E-state index contributed by atoms with van der Waals surface area (Å²) in [6, 6.07) is 0.797. The Kier molecular flexibility index (Phi) is 6.31. The van der Waals surface area contributed by atoms with Crippen molar-refractivity contribution in [3.05, 3.63) is 0 Å². The molecule has 1 rings (SSSR count). The molecule has 1 aliphatic rings. The summed E-state index contributed by atoms with van der Waals surface area (Å²) in [6.45, 7) is 8.10. The van der Waals surface area contributed by atoms with E-state index in [0.717, 1.165) is 24.4 Å². The molecule has 0 saturated heterocycles. The Morgan fingerprint density at radius 2 is 1.93 bits per heavy atom. The molecule has 15 heavy (non-hydrogen) atoms. The fraction of sp³-hybridized carbons (Fsp3) is 1.00. The van der Waals surface area contributed by atoms with Gasteiger partial charge in [0.15, 0.2) is 0 Å². The monoisotopic (exact) mass is 211 g/mol. The largest absolute Gasteiger partial charge is 0.314 e. The third-order valence-electron chi connectivity index (χ3n) is 3.94. The van der Waals surface area contributed by atoms with Crippen molar-refractivity contribution >= 4 is 0 Å². The fourth-order valence-electron chi connectivity index (χ4n) is 3.00. The lowest BCUT2D eigenvalue weighted by atomic mass is 9.89. The summed E-state index contributed by atoms with van der Waals surface area (Å²) in [5.41, 5.74) is 0. The highest BCUT2D eigenvalue weighted by Crippen LogP contribution is 2.30. The van der Waals surface area contributed by atoms with Crippen molar-refractivity contribution in [2.24, 2.45) is 11.8 Å². The van der Waals surface area contributed by atoms with E-state index in [0.29, 0.717) is 0 Å².